The SMILES string of the molecule is CCCCCc1c[nH]cc1CCCC. The molecule has 1 aromatic heterocycles. The summed E-state index contributed by atoms with van der Waals surface area (Å²) in [7, 11) is 0. The maximum atomic E-state index is 3.23. The van der Waals surface area contributed by atoms with E-state index in [-0.39, 0.29) is 0 Å². The molecule has 0 unspecified atom stereocenters. The number of aromatic nitrogens is 1. The maximum Gasteiger partial charge on any atom is 0.00401 e. The van der Waals surface area contributed by atoms with E-state index in [0.29, 0.717) is 0 Å². The molecule has 0 fully saturated rings. The van der Waals surface area contributed by atoms with E-state index < -0.39 is 0 Å². The van der Waals surface area contributed by atoms with Gasteiger partial charge in [-0.15, -0.1) is 0 Å². The van der Waals surface area contributed by atoms with E-state index in [1.807, 2.05) is 0 Å². The maximum absolute atomic E-state index is 3.23. The molecule has 0 amide bonds. The highest BCUT2D eigenvalue weighted by Gasteiger charge is 2.02. The summed E-state index contributed by atoms with van der Waals surface area (Å²) in [6.45, 7) is 4.51. The largest absolute Gasteiger partial charge is 0.367 e. The number of H-pyrrole nitrogens is 1. The second-order valence-electron chi connectivity index (χ2n) is 4.07. The minimum Gasteiger partial charge on any atom is -0.367 e. The summed E-state index contributed by atoms with van der Waals surface area (Å²) in [5, 5.41) is 0. The zero-order chi connectivity index (χ0) is 10.2. The van der Waals surface area contributed by atoms with Crippen molar-refractivity contribution < 1.29 is 0 Å². The second kappa shape index (κ2) is 6.69. The van der Waals surface area contributed by atoms with Crippen LogP contribution >= 0.6 is 0 Å². The monoisotopic (exact) mass is 193 g/mol. The first kappa shape index (κ1) is 11.4. The number of aromatic amines is 1. The molecule has 1 aromatic rings. The molecule has 0 spiro atoms. The first-order valence-electron chi connectivity index (χ1n) is 6.03. The molecule has 1 heteroatoms. The molecule has 80 valence electrons. The van der Waals surface area contributed by atoms with Crippen molar-refractivity contribution in [3.05, 3.63) is 23.5 Å². The molecule has 0 aliphatic heterocycles. The Morgan fingerprint density at radius 3 is 2.00 bits per heavy atom. The van der Waals surface area contributed by atoms with Gasteiger partial charge in [0.1, 0.15) is 0 Å². The summed E-state index contributed by atoms with van der Waals surface area (Å²) in [5.74, 6) is 0. The molecule has 0 saturated carbocycles. The molecule has 0 aliphatic carbocycles. The first-order valence-corrected chi connectivity index (χ1v) is 6.03. The van der Waals surface area contributed by atoms with Crippen molar-refractivity contribution in [1.82, 2.24) is 4.98 Å². The van der Waals surface area contributed by atoms with Gasteiger partial charge in [0.15, 0.2) is 0 Å². The van der Waals surface area contributed by atoms with Gasteiger partial charge < -0.3 is 4.98 Å². The summed E-state index contributed by atoms with van der Waals surface area (Å²) < 4.78 is 0. The average Bonchev–Trinajstić information content (AvgIpc) is 2.63. The van der Waals surface area contributed by atoms with Crippen LogP contribution in [0.3, 0.4) is 0 Å². The predicted molar refractivity (Wildman–Crippen MR) is 62.6 cm³/mol. The molecular weight excluding hydrogens is 170 g/mol. The van der Waals surface area contributed by atoms with Crippen LogP contribution in [0.2, 0.25) is 0 Å². The Bertz CT molecular complexity index is 237. The van der Waals surface area contributed by atoms with Crippen molar-refractivity contribution in [2.24, 2.45) is 0 Å². The van der Waals surface area contributed by atoms with Crippen LogP contribution in [0.15, 0.2) is 12.4 Å². The third-order valence-electron chi connectivity index (χ3n) is 2.78. The summed E-state index contributed by atoms with van der Waals surface area (Å²) in [4.78, 5) is 3.23. The minimum atomic E-state index is 1.25. The van der Waals surface area contributed by atoms with Gasteiger partial charge in [-0.25, -0.2) is 0 Å². The Labute approximate surface area is 87.9 Å². The lowest BCUT2D eigenvalue weighted by Gasteiger charge is -2.02. The number of hydrogen-bond acceptors (Lipinski definition) is 0. The van der Waals surface area contributed by atoms with Crippen molar-refractivity contribution in [3.8, 4) is 0 Å². The summed E-state index contributed by atoms with van der Waals surface area (Å²) in [6.07, 6.45) is 13.5. The molecule has 0 bridgehead atoms. The zero-order valence-electron chi connectivity index (χ0n) is 9.60. The first-order chi connectivity index (χ1) is 6.88. The molecule has 0 saturated heterocycles. The fourth-order valence-corrected chi connectivity index (χ4v) is 1.83. The zero-order valence-corrected chi connectivity index (χ0v) is 9.60. The highest BCUT2D eigenvalue weighted by molar-refractivity contribution is 5.23. The summed E-state index contributed by atoms with van der Waals surface area (Å²) in [6, 6.07) is 0. The van der Waals surface area contributed by atoms with E-state index in [9.17, 15) is 0 Å². The van der Waals surface area contributed by atoms with E-state index in [1.54, 1.807) is 11.1 Å². The van der Waals surface area contributed by atoms with Crippen molar-refractivity contribution >= 4 is 0 Å². The Morgan fingerprint density at radius 1 is 0.857 bits per heavy atom. The molecule has 0 aliphatic rings. The Hall–Kier alpha value is -0.720. The van der Waals surface area contributed by atoms with Crippen LogP contribution in [0.5, 0.6) is 0 Å². The molecule has 0 atom stereocenters. The number of nitrogens with one attached hydrogen (secondary N) is 1. The standard InChI is InChI=1S/C13H23N/c1-3-5-7-9-13-11-14-10-12(13)8-6-4-2/h10-11,14H,3-9H2,1-2H3. The van der Waals surface area contributed by atoms with E-state index in [1.165, 1.54) is 44.9 Å². The van der Waals surface area contributed by atoms with Crippen LogP contribution < -0.4 is 0 Å². The van der Waals surface area contributed by atoms with Crippen molar-refractivity contribution in [2.75, 3.05) is 0 Å². The quantitative estimate of drug-likeness (QED) is 0.628. The Balaban J connectivity index is 2.37. The predicted octanol–water partition coefficient (Wildman–Crippen LogP) is 4.09. The lowest BCUT2D eigenvalue weighted by atomic mass is 10.0. The van der Waals surface area contributed by atoms with Crippen LogP contribution in [0.25, 0.3) is 0 Å². The van der Waals surface area contributed by atoms with Crippen LogP contribution in [0.1, 0.15) is 57.1 Å². The molecule has 0 aromatic carbocycles. The highest BCUT2D eigenvalue weighted by Crippen LogP contribution is 2.14. The normalized spacial score (nSPS) is 10.7. The fourth-order valence-electron chi connectivity index (χ4n) is 1.83. The lowest BCUT2D eigenvalue weighted by molar-refractivity contribution is 0.709. The molecular formula is C13H23N. The Kier molecular flexibility index (Phi) is 5.43. The molecule has 1 rings (SSSR count). The smallest absolute Gasteiger partial charge is 0.00401 e. The number of aryl methyl sites for hydroxylation is 2. The van der Waals surface area contributed by atoms with Crippen LogP contribution in [0.4, 0.5) is 0 Å². The highest BCUT2D eigenvalue weighted by atomic mass is 14.6. The summed E-state index contributed by atoms with van der Waals surface area (Å²) >= 11 is 0. The van der Waals surface area contributed by atoms with Crippen molar-refractivity contribution in [1.29, 1.82) is 0 Å². The van der Waals surface area contributed by atoms with E-state index in [2.05, 4.69) is 31.2 Å². The number of unbranched alkanes of at least 4 members (excludes halogenated alkanes) is 3. The molecule has 1 N–H and O–H groups in total. The third kappa shape index (κ3) is 3.57. The lowest BCUT2D eigenvalue weighted by Crippen LogP contribution is -1.90. The summed E-state index contributed by atoms with van der Waals surface area (Å²) in [5.41, 5.74) is 3.09. The van der Waals surface area contributed by atoms with Gasteiger partial charge in [-0.1, -0.05) is 33.1 Å². The van der Waals surface area contributed by atoms with Gasteiger partial charge >= 0.3 is 0 Å². The fraction of sp³-hybridized carbons (Fsp3) is 0.692. The molecule has 14 heavy (non-hydrogen) atoms. The molecule has 1 nitrogen and oxygen atoms in total. The third-order valence-corrected chi connectivity index (χ3v) is 2.78. The van der Waals surface area contributed by atoms with Gasteiger partial charge in [0.25, 0.3) is 0 Å². The Morgan fingerprint density at radius 2 is 1.43 bits per heavy atom. The number of hydrogen-bond donors (Lipinski definition) is 1. The average molecular weight is 193 g/mol. The molecule has 0 radical (unpaired) electrons. The van der Waals surface area contributed by atoms with Crippen molar-refractivity contribution in [2.45, 2.75) is 58.8 Å². The topological polar surface area (TPSA) is 15.8 Å². The van der Waals surface area contributed by atoms with Crippen LogP contribution in [-0.4, -0.2) is 4.98 Å². The van der Waals surface area contributed by atoms with E-state index in [4.69, 9.17) is 0 Å². The van der Waals surface area contributed by atoms with Crippen LogP contribution in [-0.2, 0) is 12.8 Å². The second-order valence-corrected chi connectivity index (χ2v) is 4.07. The van der Waals surface area contributed by atoms with Gasteiger partial charge in [0, 0.05) is 12.4 Å². The van der Waals surface area contributed by atoms with E-state index in [0.717, 1.165) is 0 Å². The van der Waals surface area contributed by atoms with Gasteiger partial charge in [0.2, 0.25) is 0 Å². The van der Waals surface area contributed by atoms with E-state index >= 15 is 0 Å². The van der Waals surface area contributed by atoms with Gasteiger partial charge in [-0.3, -0.25) is 0 Å². The van der Waals surface area contributed by atoms with Crippen molar-refractivity contribution in [3.63, 3.8) is 0 Å². The van der Waals surface area contributed by atoms with Crippen LogP contribution in [0, 0.1) is 0 Å². The van der Waals surface area contributed by atoms with Gasteiger partial charge in [-0.05, 0) is 36.8 Å². The van der Waals surface area contributed by atoms with Gasteiger partial charge in [-0.2, -0.15) is 0 Å². The number of rotatable bonds is 7. The molecule has 1 heterocycles. The minimum absolute atomic E-state index is 1.25. The van der Waals surface area contributed by atoms with Gasteiger partial charge in [0.05, 0.1) is 0 Å².